The van der Waals surface area contributed by atoms with E-state index >= 15 is 0 Å². The second-order valence-corrected chi connectivity index (χ2v) is 5.14. The first-order chi connectivity index (χ1) is 8.34. The van der Waals surface area contributed by atoms with Gasteiger partial charge in [0.25, 0.3) is 0 Å². The minimum absolute atomic E-state index is 0.415. The van der Waals surface area contributed by atoms with Crippen LogP contribution in [0.3, 0.4) is 0 Å². The van der Waals surface area contributed by atoms with Gasteiger partial charge in [-0.3, -0.25) is 4.40 Å². The van der Waals surface area contributed by atoms with Crippen LogP contribution < -0.4 is 4.90 Å². The third kappa shape index (κ3) is 1.23. The zero-order valence-electron chi connectivity index (χ0n) is 9.25. The van der Waals surface area contributed by atoms with Crippen molar-refractivity contribution in [3.8, 4) is 0 Å². The van der Waals surface area contributed by atoms with E-state index in [1.54, 1.807) is 6.20 Å². The largest absolute Gasteiger partial charge is 0.335 e. The summed E-state index contributed by atoms with van der Waals surface area (Å²) >= 11 is 6.01. The highest BCUT2D eigenvalue weighted by molar-refractivity contribution is 6.32. The fraction of sp³-hybridized carbons (Fsp3) is 0.545. The molecule has 17 heavy (non-hydrogen) atoms. The van der Waals surface area contributed by atoms with Crippen molar-refractivity contribution in [2.75, 3.05) is 4.90 Å². The van der Waals surface area contributed by atoms with Crippen molar-refractivity contribution < 1.29 is 0 Å². The Morgan fingerprint density at radius 3 is 2.53 bits per heavy atom. The molecule has 4 rings (SSSR count). The zero-order chi connectivity index (χ0) is 11.4. The van der Waals surface area contributed by atoms with Gasteiger partial charge in [-0.1, -0.05) is 11.6 Å². The van der Waals surface area contributed by atoms with E-state index in [1.807, 2.05) is 10.6 Å². The monoisotopic (exact) mass is 249 g/mol. The average Bonchev–Trinajstić information content (AvgIpc) is 3.01. The number of hydrogen-bond donors (Lipinski definition) is 0. The van der Waals surface area contributed by atoms with Crippen molar-refractivity contribution in [1.82, 2.24) is 19.6 Å². The quantitative estimate of drug-likeness (QED) is 0.775. The lowest BCUT2D eigenvalue weighted by atomic mass is 10.0. The number of nitrogens with zero attached hydrogens (tertiary/aromatic N) is 5. The molecule has 0 aliphatic carbocycles. The Kier molecular flexibility index (Phi) is 1.88. The molecule has 0 radical (unpaired) electrons. The minimum atomic E-state index is 0.415. The molecule has 5 nitrogen and oxygen atoms in total. The SMILES string of the molecule is Clc1nccn2c(N3C4CCC3CC4)nnc12. The molecule has 2 aromatic heterocycles. The number of fused-ring (bicyclic) bond motifs is 3. The molecule has 88 valence electrons. The summed E-state index contributed by atoms with van der Waals surface area (Å²) < 4.78 is 1.95. The number of aromatic nitrogens is 4. The number of anilines is 1. The van der Waals surface area contributed by atoms with Gasteiger partial charge in [0.1, 0.15) is 0 Å². The van der Waals surface area contributed by atoms with Gasteiger partial charge >= 0.3 is 0 Å². The molecular weight excluding hydrogens is 238 g/mol. The minimum Gasteiger partial charge on any atom is -0.335 e. The molecule has 2 bridgehead atoms. The molecule has 2 saturated heterocycles. The van der Waals surface area contributed by atoms with Gasteiger partial charge in [0.05, 0.1) is 0 Å². The maximum atomic E-state index is 6.01. The summed E-state index contributed by atoms with van der Waals surface area (Å²) in [4.78, 5) is 6.44. The van der Waals surface area contributed by atoms with Crippen LogP contribution in [0.2, 0.25) is 5.15 Å². The lowest BCUT2D eigenvalue weighted by molar-refractivity contribution is 0.576. The van der Waals surface area contributed by atoms with Gasteiger partial charge in [0, 0.05) is 24.5 Å². The molecule has 0 amide bonds. The molecule has 0 atom stereocenters. The van der Waals surface area contributed by atoms with Crippen LogP contribution in [0.25, 0.3) is 5.65 Å². The first-order valence-electron chi connectivity index (χ1n) is 5.98. The summed E-state index contributed by atoms with van der Waals surface area (Å²) in [6.07, 6.45) is 8.68. The number of halogens is 1. The molecule has 0 unspecified atom stereocenters. The second kappa shape index (κ2) is 3.32. The Balaban J connectivity index is 1.89. The second-order valence-electron chi connectivity index (χ2n) is 4.78. The summed E-state index contributed by atoms with van der Waals surface area (Å²) in [5.41, 5.74) is 0.649. The van der Waals surface area contributed by atoms with Crippen molar-refractivity contribution >= 4 is 23.2 Å². The molecule has 4 heterocycles. The lowest BCUT2D eigenvalue weighted by Gasteiger charge is -2.21. The standard InChI is InChI=1S/C11H12ClN5/c12-9-10-14-15-11(16(10)6-5-13-9)17-7-1-2-8(17)4-3-7/h5-8H,1-4H2. The van der Waals surface area contributed by atoms with E-state index in [-0.39, 0.29) is 0 Å². The lowest BCUT2D eigenvalue weighted by Crippen LogP contribution is -2.29. The van der Waals surface area contributed by atoms with Crippen molar-refractivity contribution in [2.24, 2.45) is 0 Å². The van der Waals surface area contributed by atoms with Crippen molar-refractivity contribution in [3.05, 3.63) is 17.5 Å². The van der Waals surface area contributed by atoms with Crippen molar-refractivity contribution in [3.63, 3.8) is 0 Å². The Bertz CT molecular complexity index is 560. The van der Waals surface area contributed by atoms with Crippen LogP contribution in [0.4, 0.5) is 5.95 Å². The van der Waals surface area contributed by atoms with Crippen LogP contribution >= 0.6 is 11.6 Å². The molecule has 6 heteroatoms. The molecule has 0 saturated carbocycles. The smallest absolute Gasteiger partial charge is 0.232 e. The van der Waals surface area contributed by atoms with Crippen LogP contribution in [0.1, 0.15) is 25.7 Å². The third-order valence-electron chi connectivity index (χ3n) is 3.95. The van der Waals surface area contributed by atoms with Gasteiger partial charge in [-0.2, -0.15) is 0 Å². The Morgan fingerprint density at radius 1 is 1.12 bits per heavy atom. The van der Waals surface area contributed by atoms with Gasteiger partial charge in [0.2, 0.25) is 5.95 Å². The predicted molar refractivity (Wildman–Crippen MR) is 64.3 cm³/mol. The van der Waals surface area contributed by atoms with Crippen molar-refractivity contribution in [2.45, 2.75) is 37.8 Å². The van der Waals surface area contributed by atoms with E-state index < -0.39 is 0 Å². The Labute approximate surface area is 103 Å². The van der Waals surface area contributed by atoms with E-state index in [1.165, 1.54) is 25.7 Å². The normalized spacial score (nSPS) is 27.2. The fourth-order valence-electron chi connectivity index (χ4n) is 3.20. The fourth-order valence-corrected chi connectivity index (χ4v) is 3.38. The van der Waals surface area contributed by atoms with Crippen LogP contribution in [0.5, 0.6) is 0 Å². The first-order valence-corrected chi connectivity index (χ1v) is 6.36. The van der Waals surface area contributed by atoms with Crippen LogP contribution in [0, 0.1) is 0 Å². The summed E-state index contributed by atoms with van der Waals surface area (Å²) in [7, 11) is 0. The highest BCUT2D eigenvalue weighted by Gasteiger charge is 2.41. The molecule has 0 N–H and O–H groups in total. The van der Waals surface area contributed by atoms with Crippen LogP contribution in [0.15, 0.2) is 12.4 Å². The zero-order valence-corrected chi connectivity index (χ0v) is 10.0. The first kappa shape index (κ1) is 9.65. The van der Waals surface area contributed by atoms with Crippen LogP contribution in [-0.2, 0) is 0 Å². The van der Waals surface area contributed by atoms with Crippen molar-refractivity contribution in [1.29, 1.82) is 0 Å². The van der Waals surface area contributed by atoms with Gasteiger partial charge in [0.15, 0.2) is 10.8 Å². The molecule has 2 aliphatic heterocycles. The van der Waals surface area contributed by atoms with E-state index in [2.05, 4.69) is 20.1 Å². The van der Waals surface area contributed by atoms with E-state index in [0.717, 1.165) is 5.95 Å². The maximum absolute atomic E-state index is 6.01. The molecule has 0 spiro atoms. The highest BCUT2D eigenvalue weighted by Crippen LogP contribution is 2.40. The van der Waals surface area contributed by atoms with E-state index in [0.29, 0.717) is 22.9 Å². The van der Waals surface area contributed by atoms with Gasteiger partial charge in [-0.25, -0.2) is 4.98 Å². The highest BCUT2D eigenvalue weighted by atomic mass is 35.5. The van der Waals surface area contributed by atoms with E-state index in [4.69, 9.17) is 11.6 Å². The molecule has 2 aromatic rings. The Hall–Kier alpha value is -1.36. The molecular formula is C11H12ClN5. The summed E-state index contributed by atoms with van der Waals surface area (Å²) in [6.45, 7) is 0. The molecule has 2 aliphatic rings. The van der Waals surface area contributed by atoms with Gasteiger partial charge in [-0.15, -0.1) is 10.2 Å². The van der Waals surface area contributed by atoms with Gasteiger partial charge < -0.3 is 4.90 Å². The molecule has 2 fully saturated rings. The van der Waals surface area contributed by atoms with Gasteiger partial charge in [-0.05, 0) is 25.7 Å². The Morgan fingerprint density at radius 2 is 1.82 bits per heavy atom. The summed E-state index contributed by atoms with van der Waals surface area (Å²) in [6, 6.07) is 1.28. The maximum Gasteiger partial charge on any atom is 0.232 e. The number of rotatable bonds is 1. The van der Waals surface area contributed by atoms with E-state index in [9.17, 15) is 0 Å². The predicted octanol–water partition coefficient (Wildman–Crippen LogP) is 1.91. The molecule has 0 aromatic carbocycles. The topological polar surface area (TPSA) is 46.3 Å². The average molecular weight is 250 g/mol. The third-order valence-corrected chi connectivity index (χ3v) is 4.22. The summed E-state index contributed by atoms with van der Waals surface area (Å²) in [5.74, 6) is 0.925. The summed E-state index contributed by atoms with van der Waals surface area (Å²) in [5, 5.41) is 8.84. The number of hydrogen-bond acceptors (Lipinski definition) is 4. The van der Waals surface area contributed by atoms with Crippen LogP contribution in [-0.4, -0.2) is 31.7 Å².